The van der Waals surface area contributed by atoms with Crippen LogP contribution in [0.25, 0.3) is 0 Å². The third-order valence-electron chi connectivity index (χ3n) is 9.55. The van der Waals surface area contributed by atoms with Crippen LogP contribution in [0.2, 0.25) is 0 Å². The number of benzene rings is 2. The molecule has 2 aromatic heterocycles. The van der Waals surface area contributed by atoms with Crippen LogP contribution in [0, 0.1) is 5.92 Å². The van der Waals surface area contributed by atoms with Crippen molar-refractivity contribution in [1.82, 2.24) is 9.80 Å². The van der Waals surface area contributed by atoms with Crippen molar-refractivity contribution < 1.29 is 47.4 Å². The Balaban J connectivity index is 0.000000210. The van der Waals surface area contributed by atoms with Gasteiger partial charge in [-0.1, -0.05) is 101 Å². The van der Waals surface area contributed by atoms with Gasteiger partial charge in [-0.2, -0.15) is 0 Å². The molecule has 4 amide bonds. The number of hydrogen-bond acceptors (Lipinski definition) is 10. The predicted octanol–water partition coefficient (Wildman–Crippen LogP) is 8.30. The smallest absolute Gasteiger partial charge is 0.416 e. The quantitative estimate of drug-likeness (QED) is 0.117. The van der Waals surface area contributed by atoms with Crippen molar-refractivity contribution in [2.45, 2.75) is 104 Å². The number of unbranched alkanes of at least 4 members (excludes halogenated alkanes) is 2. The first-order chi connectivity index (χ1) is 27.1. The highest BCUT2D eigenvalue weighted by Crippen LogP contribution is 2.29. The van der Waals surface area contributed by atoms with Crippen molar-refractivity contribution in [2.24, 2.45) is 5.92 Å². The molecule has 2 aromatic carbocycles. The summed E-state index contributed by atoms with van der Waals surface area (Å²) in [7, 11) is 0. The zero-order valence-electron chi connectivity index (χ0n) is 32.8. The monoisotopic (exact) mass is 770 g/mol. The maximum Gasteiger partial charge on any atom is 0.416 e. The molecule has 4 heterocycles. The lowest BCUT2D eigenvalue weighted by atomic mass is 9.99. The van der Waals surface area contributed by atoms with Crippen LogP contribution < -0.4 is 0 Å². The minimum Gasteiger partial charge on any atom is -0.463 e. The molecule has 1 N–H and O–H groups in total. The van der Waals surface area contributed by atoms with Crippen LogP contribution in [0.4, 0.5) is 9.59 Å². The number of rotatable bonds is 15. The van der Waals surface area contributed by atoms with Crippen LogP contribution >= 0.6 is 0 Å². The Hall–Kier alpha value is -5.49. The molecule has 6 rings (SSSR count). The highest BCUT2D eigenvalue weighted by molar-refractivity contribution is 5.95. The molecule has 0 saturated carbocycles. The molecule has 2 fully saturated rings. The van der Waals surface area contributed by atoms with E-state index in [0.717, 1.165) is 72.4 Å². The van der Waals surface area contributed by atoms with E-state index in [2.05, 4.69) is 13.8 Å². The summed E-state index contributed by atoms with van der Waals surface area (Å²) in [5.41, 5.74) is 2.12. The first-order valence-corrected chi connectivity index (χ1v) is 19.5. The van der Waals surface area contributed by atoms with Crippen molar-refractivity contribution in [1.29, 1.82) is 0 Å². The summed E-state index contributed by atoms with van der Waals surface area (Å²) in [4.78, 5) is 60.8. The fourth-order valence-electron chi connectivity index (χ4n) is 6.32. The first-order valence-electron chi connectivity index (χ1n) is 19.5. The highest BCUT2D eigenvalue weighted by atomic mass is 16.6. The standard InChI is InChI=1S/C22H27NO5.C13H15NO3.C9H12O2/c1-3-4-10-18-11-12-19(28-18)20(24)15(2)21(25)23-17(14-27-22(23)26)13-16-8-6-5-7-9-16;1-2-12(15)14-11(9-17-13(14)16)8-10-6-4-3-5-7-10;1-2-3-4-8-5-6-9(7-10)11-8/h5-9,11-12,15,17,20,24H,3-4,10,13-14H2,1-2H3;3-7,11H,2,8-9H2,1H3;5-7H,2-4H2,1H3/t15-,17-,20-;11-;/m00./s1. The Morgan fingerprint density at radius 2 is 1.23 bits per heavy atom. The number of aliphatic hydroxyl groups is 1. The van der Waals surface area contributed by atoms with Gasteiger partial charge in [0.2, 0.25) is 11.8 Å². The van der Waals surface area contributed by atoms with Crippen LogP contribution in [0.1, 0.15) is 105 Å². The van der Waals surface area contributed by atoms with E-state index in [1.165, 1.54) is 4.90 Å². The molecule has 0 unspecified atom stereocenters. The van der Waals surface area contributed by atoms with Crippen molar-refractivity contribution in [3.63, 3.8) is 0 Å². The van der Waals surface area contributed by atoms with Crippen LogP contribution in [0.5, 0.6) is 0 Å². The Labute approximate surface area is 328 Å². The molecule has 4 atom stereocenters. The van der Waals surface area contributed by atoms with Crippen LogP contribution in [0.3, 0.4) is 0 Å². The Morgan fingerprint density at radius 1 is 0.732 bits per heavy atom. The van der Waals surface area contributed by atoms with Crippen LogP contribution in [-0.2, 0) is 44.7 Å². The summed E-state index contributed by atoms with van der Waals surface area (Å²) < 4.78 is 20.9. The van der Waals surface area contributed by atoms with E-state index >= 15 is 0 Å². The summed E-state index contributed by atoms with van der Waals surface area (Å²) in [6.45, 7) is 8.02. The predicted molar refractivity (Wildman–Crippen MR) is 209 cm³/mol. The molecular formula is C44H54N2O10. The van der Waals surface area contributed by atoms with Crippen molar-refractivity contribution in [3.05, 3.63) is 119 Å². The SMILES string of the molecule is CCC(=O)N1C(=O)OC[C@@H]1Cc1ccccc1.CCCCc1ccc(C=O)o1.CCCCc1ccc([C@@H](O)[C@H](C)C(=O)N2C(=O)OC[C@@H]2Cc2ccccc2)o1. The maximum absolute atomic E-state index is 13.0. The molecule has 0 bridgehead atoms. The van der Waals surface area contributed by atoms with E-state index in [9.17, 15) is 29.1 Å². The number of aliphatic hydroxyl groups excluding tert-OH is 1. The lowest BCUT2D eigenvalue weighted by Crippen LogP contribution is -2.44. The second-order valence-electron chi connectivity index (χ2n) is 13.8. The summed E-state index contributed by atoms with van der Waals surface area (Å²) in [6, 6.07) is 26.0. The summed E-state index contributed by atoms with van der Waals surface area (Å²) in [6.07, 6.45) is 5.97. The molecule has 300 valence electrons. The van der Waals surface area contributed by atoms with E-state index in [1.54, 1.807) is 26.0 Å². The Kier molecular flexibility index (Phi) is 17.1. The summed E-state index contributed by atoms with van der Waals surface area (Å²) >= 11 is 0. The van der Waals surface area contributed by atoms with Crippen molar-refractivity contribution in [2.75, 3.05) is 13.2 Å². The third-order valence-corrected chi connectivity index (χ3v) is 9.55. The Morgan fingerprint density at radius 3 is 1.73 bits per heavy atom. The fraction of sp³-hybridized carbons (Fsp3) is 0.432. The van der Waals surface area contributed by atoms with Crippen LogP contribution in [-0.4, -0.2) is 70.5 Å². The molecule has 4 aromatic rings. The topological polar surface area (TPSA) is 157 Å². The molecule has 2 aliphatic rings. The van der Waals surface area contributed by atoms with Gasteiger partial charge in [-0.05, 0) is 61.1 Å². The summed E-state index contributed by atoms with van der Waals surface area (Å²) in [5.74, 6) is 1.02. The van der Waals surface area contributed by atoms with Gasteiger partial charge in [0.25, 0.3) is 0 Å². The van der Waals surface area contributed by atoms with Gasteiger partial charge in [0, 0.05) is 19.3 Å². The molecule has 2 saturated heterocycles. The number of aryl methyl sites for hydroxylation is 2. The lowest BCUT2D eigenvalue weighted by molar-refractivity contribution is -0.137. The minimum absolute atomic E-state index is 0.157. The number of carbonyl (C=O) groups is 5. The van der Waals surface area contributed by atoms with Gasteiger partial charge in [0.15, 0.2) is 12.0 Å². The number of carbonyl (C=O) groups excluding carboxylic acids is 5. The van der Waals surface area contributed by atoms with E-state index < -0.39 is 30.1 Å². The lowest BCUT2D eigenvalue weighted by Gasteiger charge is -2.25. The number of ether oxygens (including phenoxy) is 2. The molecule has 2 aliphatic heterocycles. The molecule has 56 heavy (non-hydrogen) atoms. The van der Waals surface area contributed by atoms with Gasteiger partial charge in [-0.25, -0.2) is 19.4 Å². The van der Waals surface area contributed by atoms with Gasteiger partial charge >= 0.3 is 12.2 Å². The zero-order chi connectivity index (χ0) is 40.5. The maximum atomic E-state index is 13.0. The number of hydrogen-bond donors (Lipinski definition) is 1. The number of imide groups is 2. The Bertz CT molecular complexity index is 1840. The van der Waals surface area contributed by atoms with Gasteiger partial charge in [-0.15, -0.1) is 0 Å². The number of amides is 4. The average Bonchev–Trinajstić information content (AvgIpc) is 4.04. The average molecular weight is 771 g/mol. The molecule has 0 radical (unpaired) electrons. The van der Waals surface area contributed by atoms with E-state index in [1.807, 2.05) is 72.8 Å². The third kappa shape index (κ3) is 12.3. The minimum atomic E-state index is -1.12. The normalized spacial score (nSPS) is 17.2. The number of aldehydes is 1. The second kappa shape index (κ2) is 22.2. The van der Waals surface area contributed by atoms with E-state index in [-0.39, 0.29) is 24.6 Å². The number of nitrogens with zero attached hydrogens (tertiary/aromatic N) is 2. The molecule has 12 heteroatoms. The van der Waals surface area contributed by atoms with Gasteiger partial charge in [0.1, 0.15) is 36.6 Å². The highest BCUT2D eigenvalue weighted by Gasteiger charge is 2.42. The summed E-state index contributed by atoms with van der Waals surface area (Å²) in [5, 5.41) is 10.6. The molecule has 0 spiro atoms. The van der Waals surface area contributed by atoms with Gasteiger partial charge in [-0.3, -0.25) is 14.4 Å². The van der Waals surface area contributed by atoms with Gasteiger partial charge in [0.05, 0.1) is 18.0 Å². The number of furan rings is 2. The molecule has 12 nitrogen and oxygen atoms in total. The van der Waals surface area contributed by atoms with Crippen molar-refractivity contribution >= 4 is 30.3 Å². The fourth-order valence-corrected chi connectivity index (χ4v) is 6.32. The van der Waals surface area contributed by atoms with Crippen LogP contribution in [0.15, 0.2) is 93.8 Å². The van der Waals surface area contributed by atoms with E-state index in [0.29, 0.717) is 37.4 Å². The zero-order valence-corrected chi connectivity index (χ0v) is 32.8. The van der Waals surface area contributed by atoms with E-state index in [4.69, 9.17) is 18.3 Å². The molecular weight excluding hydrogens is 716 g/mol. The first kappa shape index (κ1) is 43.2. The van der Waals surface area contributed by atoms with Gasteiger partial charge < -0.3 is 23.4 Å². The molecule has 0 aliphatic carbocycles. The van der Waals surface area contributed by atoms with Crippen molar-refractivity contribution in [3.8, 4) is 0 Å². The number of cyclic esters (lactones) is 2. The largest absolute Gasteiger partial charge is 0.463 e. The second-order valence-corrected chi connectivity index (χ2v) is 13.8.